The van der Waals surface area contributed by atoms with Gasteiger partial charge in [-0.15, -0.1) is 0 Å². The van der Waals surface area contributed by atoms with Gasteiger partial charge in [0, 0.05) is 17.7 Å². The second-order valence-electron chi connectivity index (χ2n) is 4.61. The number of aryl methyl sites for hydroxylation is 1. The molecule has 0 saturated heterocycles. The van der Waals surface area contributed by atoms with Crippen molar-refractivity contribution in [3.8, 4) is 0 Å². The Bertz CT molecular complexity index is 753. The molecule has 112 valence electrons. The highest BCUT2D eigenvalue weighted by molar-refractivity contribution is 6.08. The van der Waals surface area contributed by atoms with Gasteiger partial charge in [-0.1, -0.05) is 17.7 Å². The maximum Gasteiger partial charge on any atom is 0.337 e. The maximum atomic E-state index is 12.1. The van der Waals surface area contributed by atoms with Gasteiger partial charge in [-0.3, -0.25) is 14.9 Å². The number of hydrogen-bond donors (Lipinski definition) is 2. The van der Waals surface area contributed by atoms with Crippen molar-refractivity contribution in [3.63, 3.8) is 0 Å². The third-order valence-corrected chi connectivity index (χ3v) is 3.01. The number of carbonyl (C=O) groups is 2. The van der Waals surface area contributed by atoms with Crippen LogP contribution in [0.2, 0.25) is 0 Å². The van der Waals surface area contributed by atoms with Gasteiger partial charge in [0.15, 0.2) is 0 Å². The molecule has 22 heavy (non-hydrogen) atoms. The Morgan fingerprint density at radius 3 is 2.32 bits per heavy atom. The summed E-state index contributed by atoms with van der Waals surface area (Å²) in [6, 6.07) is 9.83. The molecule has 0 aromatic heterocycles. The lowest BCUT2D eigenvalue weighted by atomic mass is 10.1. The fraction of sp³-hybridized carbons (Fsp3) is 0.0667. The highest BCUT2D eigenvalue weighted by Gasteiger charge is 2.17. The summed E-state index contributed by atoms with van der Waals surface area (Å²) in [5, 5.41) is 22.3. The predicted octanol–water partition coefficient (Wildman–Crippen LogP) is 2.85. The molecule has 0 saturated carbocycles. The molecular weight excluding hydrogens is 288 g/mol. The van der Waals surface area contributed by atoms with Gasteiger partial charge in [-0.05, 0) is 25.1 Å². The second-order valence-corrected chi connectivity index (χ2v) is 4.61. The molecule has 0 aliphatic heterocycles. The summed E-state index contributed by atoms with van der Waals surface area (Å²) in [6.07, 6.45) is 0. The van der Waals surface area contributed by atoms with E-state index in [-0.39, 0.29) is 16.9 Å². The van der Waals surface area contributed by atoms with Crippen LogP contribution in [0.5, 0.6) is 0 Å². The van der Waals surface area contributed by atoms with Crippen molar-refractivity contribution in [2.24, 2.45) is 0 Å². The third kappa shape index (κ3) is 3.26. The van der Waals surface area contributed by atoms with Crippen molar-refractivity contribution in [1.29, 1.82) is 0 Å². The molecule has 0 bridgehead atoms. The summed E-state index contributed by atoms with van der Waals surface area (Å²) in [5.74, 6) is -1.82. The van der Waals surface area contributed by atoms with Crippen molar-refractivity contribution in [3.05, 3.63) is 69.3 Å². The number of nitrogens with zero attached hydrogens (tertiary/aromatic N) is 1. The maximum absolute atomic E-state index is 12.1. The number of aromatic carboxylic acids is 1. The number of non-ortho nitro benzene ring substituents is 1. The fourth-order valence-electron chi connectivity index (χ4n) is 1.84. The minimum absolute atomic E-state index is 0.118. The highest BCUT2D eigenvalue weighted by atomic mass is 16.6. The summed E-state index contributed by atoms with van der Waals surface area (Å²) in [6.45, 7) is 1.87. The Morgan fingerprint density at radius 2 is 1.77 bits per heavy atom. The van der Waals surface area contributed by atoms with Crippen molar-refractivity contribution in [2.45, 2.75) is 6.92 Å². The van der Waals surface area contributed by atoms with Gasteiger partial charge < -0.3 is 10.4 Å². The fourth-order valence-corrected chi connectivity index (χ4v) is 1.84. The molecule has 2 aromatic carbocycles. The molecular formula is C15H12N2O5. The van der Waals surface area contributed by atoms with E-state index in [0.29, 0.717) is 5.56 Å². The molecule has 2 aromatic rings. The number of nitrogens with one attached hydrogen (secondary N) is 1. The van der Waals surface area contributed by atoms with Crippen molar-refractivity contribution in [1.82, 2.24) is 0 Å². The zero-order valence-corrected chi connectivity index (χ0v) is 11.6. The van der Waals surface area contributed by atoms with E-state index in [2.05, 4.69) is 5.32 Å². The lowest BCUT2D eigenvalue weighted by Crippen LogP contribution is -2.15. The average Bonchev–Trinajstić information content (AvgIpc) is 2.47. The van der Waals surface area contributed by atoms with Crippen LogP contribution < -0.4 is 5.32 Å². The van der Waals surface area contributed by atoms with Gasteiger partial charge in [-0.2, -0.15) is 0 Å². The third-order valence-electron chi connectivity index (χ3n) is 3.01. The molecule has 0 spiro atoms. The monoisotopic (exact) mass is 300 g/mol. The van der Waals surface area contributed by atoms with Crippen LogP contribution >= 0.6 is 0 Å². The van der Waals surface area contributed by atoms with Crippen molar-refractivity contribution < 1.29 is 19.6 Å². The topological polar surface area (TPSA) is 110 Å². The van der Waals surface area contributed by atoms with E-state index in [0.717, 1.165) is 23.8 Å². The van der Waals surface area contributed by atoms with Crippen LogP contribution in [0.25, 0.3) is 0 Å². The minimum atomic E-state index is -1.28. The average molecular weight is 300 g/mol. The molecule has 0 unspecified atom stereocenters. The Labute approximate surface area is 125 Å². The summed E-state index contributed by atoms with van der Waals surface area (Å²) in [4.78, 5) is 33.4. The van der Waals surface area contributed by atoms with E-state index in [1.165, 1.54) is 0 Å². The van der Waals surface area contributed by atoms with E-state index in [1.807, 2.05) is 6.92 Å². The van der Waals surface area contributed by atoms with Crippen LogP contribution in [0.15, 0.2) is 42.5 Å². The quantitative estimate of drug-likeness (QED) is 0.666. The summed E-state index contributed by atoms with van der Waals surface area (Å²) in [5.41, 5.74) is 0.661. The van der Waals surface area contributed by atoms with Crippen LogP contribution in [-0.4, -0.2) is 21.9 Å². The van der Waals surface area contributed by atoms with Gasteiger partial charge in [0.25, 0.3) is 11.6 Å². The van der Waals surface area contributed by atoms with Crippen LogP contribution in [0.3, 0.4) is 0 Å². The smallest absolute Gasteiger partial charge is 0.337 e. The summed E-state index contributed by atoms with van der Waals surface area (Å²) < 4.78 is 0. The molecule has 2 N–H and O–H groups in total. The Morgan fingerprint density at radius 1 is 1.14 bits per heavy atom. The Kier molecular flexibility index (Phi) is 4.17. The van der Waals surface area contributed by atoms with Crippen LogP contribution in [-0.2, 0) is 0 Å². The van der Waals surface area contributed by atoms with Crippen LogP contribution in [0.1, 0.15) is 26.3 Å². The predicted molar refractivity (Wildman–Crippen MR) is 79.2 cm³/mol. The van der Waals surface area contributed by atoms with Crippen molar-refractivity contribution in [2.75, 3.05) is 5.32 Å². The van der Waals surface area contributed by atoms with Gasteiger partial charge in [0.2, 0.25) is 0 Å². The zero-order chi connectivity index (χ0) is 16.3. The number of nitro benzene ring substituents is 1. The number of carbonyl (C=O) groups excluding carboxylic acids is 1. The molecule has 0 atom stereocenters. The number of carboxylic acid groups (broad SMARTS) is 1. The molecule has 2 rings (SSSR count). The van der Waals surface area contributed by atoms with Crippen molar-refractivity contribution >= 4 is 23.3 Å². The number of anilines is 1. The number of benzene rings is 2. The van der Waals surface area contributed by atoms with Gasteiger partial charge in [-0.25, -0.2) is 4.79 Å². The standard InChI is InChI=1S/C15H12N2O5/c1-9-2-4-10(5-3-9)14(18)16-13-8-11(17(21)22)6-7-12(13)15(19)20/h2-8H,1H3,(H,16,18)(H,19,20). The first-order valence-corrected chi connectivity index (χ1v) is 6.28. The van der Waals surface area contributed by atoms with E-state index in [9.17, 15) is 19.7 Å². The summed E-state index contributed by atoms with van der Waals surface area (Å²) in [7, 11) is 0. The lowest BCUT2D eigenvalue weighted by Gasteiger charge is -2.08. The van der Waals surface area contributed by atoms with E-state index in [1.54, 1.807) is 24.3 Å². The van der Waals surface area contributed by atoms with Gasteiger partial charge >= 0.3 is 5.97 Å². The largest absolute Gasteiger partial charge is 0.478 e. The second kappa shape index (κ2) is 6.04. The molecule has 7 nitrogen and oxygen atoms in total. The molecule has 0 radical (unpaired) electrons. The first-order chi connectivity index (χ1) is 10.4. The SMILES string of the molecule is Cc1ccc(C(=O)Nc2cc([N+](=O)[O-])ccc2C(=O)O)cc1. The molecule has 0 aliphatic rings. The normalized spacial score (nSPS) is 10.0. The Balaban J connectivity index is 2.36. The number of amides is 1. The molecule has 0 aliphatic carbocycles. The molecule has 1 amide bonds. The van der Waals surface area contributed by atoms with E-state index < -0.39 is 16.8 Å². The van der Waals surface area contributed by atoms with Gasteiger partial charge in [0.1, 0.15) is 0 Å². The minimum Gasteiger partial charge on any atom is -0.478 e. The number of nitro groups is 1. The first kappa shape index (κ1) is 15.2. The molecule has 0 fully saturated rings. The zero-order valence-electron chi connectivity index (χ0n) is 11.6. The summed E-state index contributed by atoms with van der Waals surface area (Å²) >= 11 is 0. The van der Waals surface area contributed by atoms with E-state index in [4.69, 9.17) is 5.11 Å². The highest BCUT2D eigenvalue weighted by Crippen LogP contribution is 2.23. The van der Waals surface area contributed by atoms with Crippen LogP contribution in [0.4, 0.5) is 11.4 Å². The first-order valence-electron chi connectivity index (χ1n) is 6.28. The van der Waals surface area contributed by atoms with Gasteiger partial charge in [0.05, 0.1) is 16.2 Å². The van der Waals surface area contributed by atoms with E-state index >= 15 is 0 Å². The molecule has 0 heterocycles. The lowest BCUT2D eigenvalue weighted by molar-refractivity contribution is -0.384. The molecule has 7 heteroatoms. The Hall–Kier alpha value is -3.22. The number of hydrogen-bond acceptors (Lipinski definition) is 4. The number of rotatable bonds is 4. The van der Waals surface area contributed by atoms with Crippen LogP contribution in [0, 0.1) is 17.0 Å². The number of carboxylic acids is 1.